The van der Waals surface area contributed by atoms with E-state index in [-0.39, 0.29) is 5.56 Å². The Balaban J connectivity index is 2.38. The molecule has 0 unspecified atom stereocenters. The van der Waals surface area contributed by atoms with Gasteiger partial charge in [0.1, 0.15) is 11.6 Å². The van der Waals surface area contributed by atoms with Crippen LogP contribution in [0.3, 0.4) is 0 Å². The monoisotopic (exact) mass is 242 g/mol. The lowest BCUT2D eigenvalue weighted by Gasteiger charge is -2.20. The van der Waals surface area contributed by atoms with Gasteiger partial charge in [0, 0.05) is 12.1 Å². The average molecular weight is 242 g/mol. The molecule has 0 spiro atoms. The van der Waals surface area contributed by atoms with E-state index in [2.05, 4.69) is 11.6 Å². The zero-order valence-corrected chi connectivity index (χ0v) is 10.3. The second-order valence-corrected chi connectivity index (χ2v) is 4.47. The molecular weight excluding hydrogens is 228 g/mol. The molecule has 1 aromatic heterocycles. The van der Waals surface area contributed by atoms with E-state index in [4.69, 9.17) is 4.74 Å². The third kappa shape index (κ3) is 1.53. The summed E-state index contributed by atoms with van der Waals surface area (Å²) >= 11 is 0. The highest BCUT2D eigenvalue weighted by Crippen LogP contribution is 2.22. The van der Waals surface area contributed by atoms with E-state index in [0.29, 0.717) is 11.1 Å². The van der Waals surface area contributed by atoms with Gasteiger partial charge in [-0.2, -0.15) is 0 Å². The first kappa shape index (κ1) is 11.0. The molecule has 0 N–H and O–H groups in total. The summed E-state index contributed by atoms with van der Waals surface area (Å²) in [6.07, 6.45) is 2.69. The van der Waals surface area contributed by atoms with Gasteiger partial charge in [0.25, 0.3) is 5.56 Å². The van der Waals surface area contributed by atoms with Crippen LogP contribution in [0, 0.1) is 0 Å². The topological polar surface area (TPSA) is 44.1 Å². The van der Waals surface area contributed by atoms with E-state index in [1.54, 1.807) is 17.7 Å². The Morgan fingerprint density at radius 1 is 1.39 bits per heavy atom. The lowest BCUT2D eigenvalue weighted by molar-refractivity contribution is 0.415. The van der Waals surface area contributed by atoms with Gasteiger partial charge in [0.15, 0.2) is 0 Å². The van der Waals surface area contributed by atoms with Crippen molar-refractivity contribution in [2.24, 2.45) is 0 Å². The summed E-state index contributed by atoms with van der Waals surface area (Å²) in [6.45, 7) is 3.96. The van der Waals surface area contributed by atoms with Crippen molar-refractivity contribution in [3.63, 3.8) is 0 Å². The molecule has 0 radical (unpaired) electrons. The Bertz CT molecular complexity index is 701. The van der Waals surface area contributed by atoms with Gasteiger partial charge >= 0.3 is 0 Å². The summed E-state index contributed by atoms with van der Waals surface area (Å²) < 4.78 is 6.79. The van der Waals surface area contributed by atoms with Crippen molar-refractivity contribution < 1.29 is 4.74 Å². The first-order valence-electron chi connectivity index (χ1n) is 5.98. The van der Waals surface area contributed by atoms with E-state index in [1.165, 1.54) is 0 Å². The summed E-state index contributed by atoms with van der Waals surface area (Å²) in [5, 5.41) is 0.584. The molecule has 0 amide bonds. The smallest absolute Gasteiger partial charge is 0.265 e. The molecule has 18 heavy (non-hydrogen) atoms. The van der Waals surface area contributed by atoms with Crippen molar-refractivity contribution in [3.8, 4) is 5.75 Å². The maximum atomic E-state index is 12.5. The van der Waals surface area contributed by atoms with Crippen molar-refractivity contribution in [2.75, 3.05) is 7.11 Å². The number of fused-ring (bicyclic) bond motifs is 2. The summed E-state index contributed by atoms with van der Waals surface area (Å²) in [4.78, 5) is 17.0. The normalized spacial score (nSPS) is 14.6. The molecule has 1 aliphatic rings. The number of hydrogen-bond acceptors (Lipinski definition) is 3. The van der Waals surface area contributed by atoms with Crippen LogP contribution in [-0.4, -0.2) is 16.7 Å². The number of ether oxygens (including phenoxy) is 1. The fourth-order valence-electron chi connectivity index (χ4n) is 2.39. The Labute approximate surface area is 105 Å². The molecule has 4 heteroatoms. The average Bonchev–Trinajstić information content (AvgIpc) is 2.38. The third-order valence-corrected chi connectivity index (χ3v) is 3.33. The number of nitrogens with zero attached hydrogens (tertiary/aromatic N) is 2. The molecule has 0 saturated carbocycles. The van der Waals surface area contributed by atoms with E-state index in [9.17, 15) is 4.79 Å². The highest BCUT2D eigenvalue weighted by atomic mass is 16.5. The highest BCUT2D eigenvalue weighted by molar-refractivity contribution is 5.80. The van der Waals surface area contributed by atoms with Crippen molar-refractivity contribution in [1.29, 1.82) is 0 Å². The number of rotatable bonds is 1. The molecule has 0 saturated heterocycles. The number of benzene rings is 1. The second kappa shape index (κ2) is 3.98. The van der Waals surface area contributed by atoms with Crippen molar-refractivity contribution in [1.82, 2.24) is 9.55 Å². The minimum absolute atomic E-state index is 0.0430. The van der Waals surface area contributed by atoms with Gasteiger partial charge in [-0.15, -0.1) is 0 Å². The summed E-state index contributed by atoms with van der Waals surface area (Å²) in [5.41, 5.74) is 1.51. The molecule has 0 atom stereocenters. The van der Waals surface area contributed by atoms with Gasteiger partial charge < -0.3 is 4.74 Å². The number of aryl methyl sites for hydroxylation is 1. The van der Waals surface area contributed by atoms with Gasteiger partial charge in [0.05, 0.1) is 18.0 Å². The summed E-state index contributed by atoms with van der Waals surface area (Å²) in [7, 11) is 1.59. The minimum Gasteiger partial charge on any atom is -0.497 e. The predicted molar refractivity (Wildman–Crippen MR) is 70.8 cm³/mol. The standard InChI is InChI=1S/C14H14N2O2/c1-9-4-3-5-13-15-12-7-6-10(18-2)8-11(12)14(17)16(9)13/h6-8H,1,3-5H2,2H3. The van der Waals surface area contributed by atoms with Crippen LogP contribution in [0.1, 0.15) is 18.7 Å². The van der Waals surface area contributed by atoms with Crippen LogP contribution in [0.15, 0.2) is 29.6 Å². The number of aromatic nitrogens is 2. The molecule has 1 aliphatic heterocycles. The second-order valence-electron chi connectivity index (χ2n) is 4.47. The molecule has 2 heterocycles. The van der Waals surface area contributed by atoms with Crippen molar-refractivity contribution in [2.45, 2.75) is 19.3 Å². The zero-order valence-electron chi connectivity index (χ0n) is 10.3. The SMILES string of the molecule is C=C1CCCc2nc3ccc(OC)cc3c(=O)n21. The highest BCUT2D eigenvalue weighted by Gasteiger charge is 2.17. The van der Waals surface area contributed by atoms with Crippen LogP contribution in [0.25, 0.3) is 16.6 Å². The van der Waals surface area contributed by atoms with Crippen LogP contribution in [0.4, 0.5) is 0 Å². The minimum atomic E-state index is -0.0430. The zero-order chi connectivity index (χ0) is 12.7. The van der Waals surface area contributed by atoms with Crippen LogP contribution < -0.4 is 10.3 Å². The largest absolute Gasteiger partial charge is 0.497 e. The molecule has 0 bridgehead atoms. The molecule has 92 valence electrons. The lowest BCUT2D eigenvalue weighted by Crippen LogP contribution is -2.27. The lowest BCUT2D eigenvalue weighted by atomic mass is 10.1. The fraction of sp³-hybridized carbons (Fsp3) is 0.286. The van der Waals surface area contributed by atoms with Crippen LogP contribution in [0.2, 0.25) is 0 Å². The molecular formula is C14H14N2O2. The Kier molecular flexibility index (Phi) is 2.44. The fourth-order valence-corrected chi connectivity index (χ4v) is 2.39. The maximum Gasteiger partial charge on any atom is 0.265 e. The molecule has 2 aromatic rings. The van der Waals surface area contributed by atoms with E-state index in [1.807, 2.05) is 12.1 Å². The van der Waals surface area contributed by atoms with Gasteiger partial charge in [0.2, 0.25) is 0 Å². The Hall–Kier alpha value is -2.10. The predicted octanol–water partition coefficient (Wildman–Crippen LogP) is 2.21. The van der Waals surface area contributed by atoms with Crippen molar-refractivity contribution in [3.05, 3.63) is 41.0 Å². The van der Waals surface area contributed by atoms with Crippen LogP contribution in [0.5, 0.6) is 5.75 Å². The van der Waals surface area contributed by atoms with Gasteiger partial charge in [-0.3, -0.25) is 9.36 Å². The molecule has 0 aliphatic carbocycles. The maximum absolute atomic E-state index is 12.5. The molecule has 1 aromatic carbocycles. The van der Waals surface area contributed by atoms with E-state index >= 15 is 0 Å². The number of allylic oxidation sites excluding steroid dienone is 1. The van der Waals surface area contributed by atoms with Crippen LogP contribution >= 0.6 is 0 Å². The van der Waals surface area contributed by atoms with E-state index in [0.717, 1.165) is 36.3 Å². The molecule has 0 fully saturated rings. The third-order valence-electron chi connectivity index (χ3n) is 3.33. The van der Waals surface area contributed by atoms with E-state index < -0.39 is 0 Å². The van der Waals surface area contributed by atoms with Gasteiger partial charge in [-0.25, -0.2) is 4.98 Å². The quantitative estimate of drug-likeness (QED) is 0.770. The first-order valence-corrected chi connectivity index (χ1v) is 5.98. The summed E-state index contributed by atoms with van der Waals surface area (Å²) in [5.74, 6) is 1.48. The Morgan fingerprint density at radius 2 is 2.22 bits per heavy atom. The van der Waals surface area contributed by atoms with Gasteiger partial charge in [-0.05, 0) is 31.0 Å². The number of hydrogen-bond donors (Lipinski definition) is 0. The van der Waals surface area contributed by atoms with Crippen LogP contribution in [-0.2, 0) is 6.42 Å². The Morgan fingerprint density at radius 3 is 3.00 bits per heavy atom. The molecule has 4 nitrogen and oxygen atoms in total. The first-order chi connectivity index (χ1) is 8.70. The summed E-state index contributed by atoms with van der Waals surface area (Å²) in [6, 6.07) is 5.39. The number of methoxy groups -OCH3 is 1. The van der Waals surface area contributed by atoms with Crippen molar-refractivity contribution >= 4 is 16.6 Å². The molecule has 3 rings (SSSR count). The van der Waals surface area contributed by atoms with Gasteiger partial charge in [-0.1, -0.05) is 6.58 Å².